The van der Waals surface area contributed by atoms with Gasteiger partial charge in [0.25, 0.3) is 0 Å². The first kappa shape index (κ1) is 12.9. The lowest BCUT2D eigenvalue weighted by Crippen LogP contribution is -2.47. The van der Waals surface area contributed by atoms with Crippen LogP contribution in [-0.2, 0) is 10.2 Å². The zero-order valence-corrected chi connectivity index (χ0v) is 11.7. The third-order valence-electron chi connectivity index (χ3n) is 4.67. The summed E-state index contributed by atoms with van der Waals surface area (Å²) in [4.78, 5) is 0. The highest BCUT2D eigenvalue weighted by Gasteiger charge is 2.38. The summed E-state index contributed by atoms with van der Waals surface area (Å²) in [5.41, 5.74) is 1.79. The van der Waals surface area contributed by atoms with Crippen LogP contribution in [0.5, 0.6) is 5.75 Å². The van der Waals surface area contributed by atoms with Crippen molar-refractivity contribution in [1.82, 2.24) is 5.32 Å². The second kappa shape index (κ2) is 5.51. The molecule has 1 aromatic rings. The van der Waals surface area contributed by atoms with E-state index in [1.165, 1.54) is 24.8 Å². The molecule has 1 N–H and O–H groups in total. The van der Waals surface area contributed by atoms with Crippen LogP contribution >= 0.6 is 0 Å². The van der Waals surface area contributed by atoms with Crippen molar-refractivity contribution in [3.8, 4) is 5.75 Å². The Bertz CT molecular complexity index is 405. The van der Waals surface area contributed by atoms with E-state index in [4.69, 9.17) is 9.47 Å². The van der Waals surface area contributed by atoms with Crippen LogP contribution in [-0.4, -0.2) is 32.9 Å². The van der Waals surface area contributed by atoms with Crippen molar-refractivity contribution >= 4 is 0 Å². The Balaban J connectivity index is 1.66. The maximum atomic E-state index is 5.43. The highest BCUT2D eigenvalue weighted by atomic mass is 16.5. The smallest absolute Gasteiger partial charge is 0.118 e. The zero-order valence-electron chi connectivity index (χ0n) is 11.7. The molecule has 19 heavy (non-hydrogen) atoms. The quantitative estimate of drug-likeness (QED) is 0.883. The minimum Gasteiger partial charge on any atom is -0.497 e. The highest BCUT2D eigenvalue weighted by Crippen LogP contribution is 2.43. The van der Waals surface area contributed by atoms with Crippen LogP contribution < -0.4 is 10.1 Å². The molecule has 1 aromatic carbocycles. The predicted molar refractivity (Wildman–Crippen MR) is 75.7 cm³/mol. The summed E-state index contributed by atoms with van der Waals surface area (Å²) < 4.78 is 10.7. The number of methoxy groups -OCH3 is 1. The molecule has 1 unspecified atom stereocenters. The van der Waals surface area contributed by atoms with Crippen LogP contribution in [0.25, 0.3) is 0 Å². The van der Waals surface area contributed by atoms with E-state index in [-0.39, 0.29) is 0 Å². The van der Waals surface area contributed by atoms with E-state index in [0.29, 0.717) is 11.5 Å². The third-order valence-corrected chi connectivity index (χ3v) is 4.67. The first-order valence-electron chi connectivity index (χ1n) is 7.28. The second-order valence-electron chi connectivity index (χ2n) is 5.80. The van der Waals surface area contributed by atoms with Crippen LogP contribution in [0.1, 0.15) is 31.2 Å². The molecule has 0 bridgehead atoms. The van der Waals surface area contributed by atoms with Crippen LogP contribution in [0.3, 0.4) is 0 Å². The summed E-state index contributed by atoms with van der Waals surface area (Å²) in [7, 11) is 1.72. The average Bonchev–Trinajstić information content (AvgIpc) is 2.91. The average molecular weight is 261 g/mol. The van der Waals surface area contributed by atoms with Gasteiger partial charge in [-0.05, 0) is 37.0 Å². The molecule has 1 aliphatic carbocycles. The fourth-order valence-electron chi connectivity index (χ4n) is 3.15. The fourth-order valence-corrected chi connectivity index (χ4v) is 3.15. The SMILES string of the molecule is COc1ccc(C2(CNC3CCOC3)CCC2)cc1. The molecule has 3 heteroatoms. The van der Waals surface area contributed by atoms with Gasteiger partial charge in [-0.2, -0.15) is 0 Å². The van der Waals surface area contributed by atoms with Gasteiger partial charge in [-0.25, -0.2) is 0 Å². The maximum absolute atomic E-state index is 5.43. The van der Waals surface area contributed by atoms with Gasteiger partial charge in [-0.3, -0.25) is 0 Å². The van der Waals surface area contributed by atoms with Crippen molar-refractivity contribution in [2.75, 3.05) is 26.9 Å². The molecule has 3 nitrogen and oxygen atoms in total. The number of rotatable bonds is 5. The molecule has 1 heterocycles. The lowest BCUT2D eigenvalue weighted by Gasteiger charge is -2.43. The van der Waals surface area contributed by atoms with Crippen LogP contribution in [0.15, 0.2) is 24.3 Å². The van der Waals surface area contributed by atoms with Gasteiger partial charge >= 0.3 is 0 Å². The number of nitrogens with one attached hydrogen (secondary N) is 1. The van der Waals surface area contributed by atoms with E-state index < -0.39 is 0 Å². The normalized spacial score (nSPS) is 25.0. The van der Waals surface area contributed by atoms with Crippen molar-refractivity contribution in [3.63, 3.8) is 0 Å². The summed E-state index contributed by atoms with van der Waals surface area (Å²) in [6.45, 7) is 2.86. The van der Waals surface area contributed by atoms with Crippen molar-refractivity contribution in [3.05, 3.63) is 29.8 Å². The molecular weight excluding hydrogens is 238 g/mol. The molecule has 3 rings (SSSR count). The van der Waals surface area contributed by atoms with Gasteiger partial charge in [0.2, 0.25) is 0 Å². The van der Waals surface area contributed by atoms with Gasteiger partial charge in [-0.15, -0.1) is 0 Å². The molecule has 1 aliphatic heterocycles. The molecule has 0 amide bonds. The lowest BCUT2D eigenvalue weighted by molar-refractivity contribution is 0.181. The Morgan fingerprint density at radius 1 is 1.32 bits per heavy atom. The first-order chi connectivity index (χ1) is 9.32. The Labute approximate surface area is 115 Å². The van der Waals surface area contributed by atoms with Crippen molar-refractivity contribution < 1.29 is 9.47 Å². The van der Waals surface area contributed by atoms with Crippen molar-refractivity contribution in [1.29, 1.82) is 0 Å². The van der Waals surface area contributed by atoms with E-state index in [1.807, 2.05) is 0 Å². The summed E-state index contributed by atoms with van der Waals surface area (Å²) in [5.74, 6) is 0.940. The van der Waals surface area contributed by atoms with Crippen LogP contribution in [0.4, 0.5) is 0 Å². The number of hydrogen-bond acceptors (Lipinski definition) is 3. The van der Waals surface area contributed by atoms with E-state index in [9.17, 15) is 0 Å². The summed E-state index contributed by atoms with van der Waals surface area (Å²) in [5, 5.41) is 3.70. The molecule has 1 saturated carbocycles. The predicted octanol–water partition coefficient (Wildman–Crippen LogP) is 2.50. The molecule has 104 valence electrons. The van der Waals surface area contributed by atoms with E-state index in [2.05, 4.69) is 29.6 Å². The minimum atomic E-state index is 0.342. The highest BCUT2D eigenvalue weighted by molar-refractivity contribution is 5.34. The van der Waals surface area contributed by atoms with Crippen molar-refractivity contribution in [2.24, 2.45) is 0 Å². The molecule has 2 aliphatic rings. The van der Waals surface area contributed by atoms with E-state index in [1.54, 1.807) is 7.11 Å². The monoisotopic (exact) mass is 261 g/mol. The van der Waals surface area contributed by atoms with Gasteiger partial charge < -0.3 is 14.8 Å². The molecule has 2 fully saturated rings. The minimum absolute atomic E-state index is 0.342. The summed E-state index contributed by atoms with van der Waals surface area (Å²) >= 11 is 0. The molecule has 1 saturated heterocycles. The first-order valence-corrected chi connectivity index (χ1v) is 7.28. The fraction of sp³-hybridized carbons (Fsp3) is 0.625. The van der Waals surface area contributed by atoms with E-state index >= 15 is 0 Å². The van der Waals surface area contributed by atoms with Gasteiger partial charge in [0, 0.05) is 24.6 Å². The van der Waals surface area contributed by atoms with Crippen LogP contribution in [0.2, 0.25) is 0 Å². The van der Waals surface area contributed by atoms with Crippen LogP contribution in [0, 0.1) is 0 Å². The Kier molecular flexibility index (Phi) is 3.76. The molecule has 0 radical (unpaired) electrons. The zero-order chi connectivity index (χ0) is 13.1. The van der Waals surface area contributed by atoms with Crippen molar-refractivity contribution in [2.45, 2.75) is 37.1 Å². The standard InChI is InChI=1S/C16H23NO2/c1-18-15-5-3-13(4-6-15)16(8-2-9-16)12-17-14-7-10-19-11-14/h3-6,14,17H,2,7-12H2,1H3. The van der Waals surface area contributed by atoms with Gasteiger partial charge in [0.1, 0.15) is 5.75 Å². The maximum Gasteiger partial charge on any atom is 0.118 e. The number of ether oxygens (including phenoxy) is 2. The number of benzene rings is 1. The van der Waals surface area contributed by atoms with Gasteiger partial charge in [0.05, 0.1) is 13.7 Å². The summed E-state index contributed by atoms with van der Waals surface area (Å²) in [6.07, 6.45) is 5.08. The molecule has 0 aromatic heterocycles. The largest absolute Gasteiger partial charge is 0.497 e. The van der Waals surface area contributed by atoms with E-state index in [0.717, 1.165) is 31.9 Å². The van der Waals surface area contributed by atoms with Gasteiger partial charge in [-0.1, -0.05) is 18.6 Å². The second-order valence-corrected chi connectivity index (χ2v) is 5.80. The topological polar surface area (TPSA) is 30.5 Å². The third kappa shape index (κ3) is 2.63. The Hall–Kier alpha value is -1.06. The molecule has 1 atom stereocenters. The molecule has 0 spiro atoms. The Morgan fingerprint density at radius 2 is 2.11 bits per heavy atom. The Morgan fingerprint density at radius 3 is 2.63 bits per heavy atom. The number of hydrogen-bond donors (Lipinski definition) is 1. The molecular formula is C16H23NO2. The summed E-state index contributed by atoms with van der Waals surface area (Å²) in [6, 6.07) is 9.16. The lowest BCUT2D eigenvalue weighted by atomic mass is 9.64. The van der Waals surface area contributed by atoms with Gasteiger partial charge in [0.15, 0.2) is 0 Å².